The van der Waals surface area contributed by atoms with Gasteiger partial charge in [0, 0.05) is 4.88 Å². The van der Waals surface area contributed by atoms with E-state index in [-0.39, 0.29) is 11.3 Å². The van der Waals surface area contributed by atoms with E-state index in [9.17, 15) is 4.79 Å². The molecule has 2 aromatic rings. The maximum atomic E-state index is 12.9. The van der Waals surface area contributed by atoms with Crippen LogP contribution in [0.4, 0.5) is 5.69 Å². The normalized spacial score (nSPS) is 16.6. The predicted molar refractivity (Wildman–Crippen MR) is 86.1 cm³/mol. The third kappa shape index (κ3) is 2.56. The average Bonchev–Trinajstić information content (AvgIpc) is 3.19. The van der Waals surface area contributed by atoms with Crippen molar-refractivity contribution in [2.45, 2.75) is 31.1 Å². The average molecular weight is 301 g/mol. The third-order valence-corrected chi connectivity index (χ3v) is 5.31. The molecule has 1 aliphatic rings. The minimum atomic E-state index is -0.366. The Morgan fingerprint density at radius 2 is 1.95 bits per heavy atom. The van der Waals surface area contributed by atoms with Crippen molar-refractivity contribution in [3.05, 3.63) is 46.7 Å². The number of rotatable bonds is 4. The monoisotopic (exact) mass is 301 g/mol. The highest BCUT2D eigenvalue weighted by atomic mass is 32.1. The van der Waals surface area contributed by atoms with Crippen molar-refractivity contribution in [1.82, 2.24) is 0 Å². The maximum Gasteiger partial charge on any atom is 0.235 e. The molecule has 0 radical (unpaired) electrons. The second kappa shape index (κ2) is 5.90. The number of anilines is 1. The Kier molecular flexibility index (Phi) is 3.97. The second-order valence-electron chi connectivity index (χ2n) is 5.42. The highest BCUT2D eigenvalue weighted by Gasteiger charge is 2.43. The Hall–Kier alpha value is -1.81. The zero-order chi connectivity index (χ0) is 14.7. The predicted octanol–water partition coefficient (Wildman–Crippen LogP) is 4.21. The zero-order valence-corrected chi connectivity index (χ0v) is 12.9. The molecule has 0 aliphatic heterocycles. The van der Waals surface area contributed by atoms with Crippen molar-refractivity contribution in [2.75, 3.05) is 12.4 Å². The number of amides is 1. The van der Waals surface area contributed by atoms with Crippen molar-refractivity contribution in [1.29, 1.82) is 0 Å². The van der Waals surface area contributed by atoms with E-state index in [4.69, 9.17) is 4.74 Å². The van der Waals surface area contributed by atoms with Gasteiger partial charge >= 0.3 is 0 Å². The van der Waals surface area contributed by atoms with E-state index in [1.165, 1.54) is 4.88 Å². The minimum Gasteiger partial charge on any atom is -0.495 e. The Balaban J connectivity index is 1.89. The van der Waals surface area contributed by atoms with Crippen molar-refractivity contribution < 1.29 is 9.53 Å². The molecule has 1 saturated carbocycles. The molecule has 110 valence electrons. The lowest BCUT2D eigenvalue weighted by Gasteiger charge is -2.27. The van der Waals surface area contributed by atoms with Crippen LogP contribution in [0.25, 0.3) is 0 Å². The van der Waals surface area contributed by atoms with Crippen LogP contribution in [-0.2, 0) is 10.2 Å². The molecule has 4 heteroatoms. The highest BCUT2D eigenvalue weighted by molar-refractivity contribution is 7.10. The van der Waals surface area contributed by atoms with Crippen molar-refractivity contribution in [2.24, 2.45) is 0 Å². The van der Waals surface area contributed by atoms with Gasteiger partial charge in [0.1, 0.15) is 5.75 Å². The van der Waals surface area contributed by atoms with Crippen molar-refractivity contribution >= 4 is 22.9 Å². The van der Waals surface area contributed by atoms with E-state index in [0.29, 0.717) is 5.75 Å². The van der Waals surface area contributed by atoms with Crippen molar-refractivity contribution in [3.8, 4) is 5.75 Å². The lowest BCUT2D eigenvalue weighted by molar-refractivity contribution is -0.121. The summed E-state index contributed by atoms with van der Waals surface area (Å²) in [5.74, 6) is 0.789. The quantitative estimate of drug-likeness (QED) is 0.918. The Morgan fingerprint density at radius 1 is 1.19 bits per heavy atom. The van der Waals surface area contributed by atoms with Gasteiger partial charge in [0.05, 0.1) is 18.2 Å². The topological polar surface area (TPSA) is 38.3 Å². The summed E-state index contributed by atoms with van der Waals surface area (Å²) in [5.41, 5.74) is 0.377. The van der Waals surface area contributed by atoms with Gasteiger partial charge in [0.15, 0.2) is 0 Å². The van der Waals surface area contributed by atoms with E-state index in [1.54, 1.807) is 18.4 Å². The van der Waals surface area contributed by atoms with Crippen LogP contribution < -0.4 is 10.1 Å². The number of methoxy groups -OCH3 is 1. The van der Waals surface area contributed by atoms with Crippen LogP contribution in [0, 0.1) is 0 Å². The lowest BCUT2D eigenvalue weighted by Crippen LogP contribution is -2.37. The first kappa shape index (κ1) is 14.1. The molecule has 1 amide bonds. The zero-order valence-electron chi connectivity index (χ0n) is 12.1. The highest BCUT2D eigenvalue weighted by Crippen LogP contribution is 2.44. The molecule has 0 bridgehead atoms. The number of carbonyl (C=O) groups is 1. The van der Waals surface area contributed by atoms with Crippen LogP contribution in [0.5, 0.6) is 5.75 Å². The number of hydrogen-bond acceptors (Lipinski definition) is 3. The van der Waals surface area contributed by atoms with Gasteiger partial charge in [-0.1, -0.05) is 31.0 Å². The fourth-order valence-electron chi connectivity index (χ4n) is 3.10. The molecule has 1 heterocycles. The van der Waals surface area contributed by atoms with Crippen LogP contribution in [-0.4, -0.2) is 13.0 Å². The summed E-state index contributed by atoms with van der Waals surface area (Å²) in [7, 11) is 1.62. The number of thiophene rings is 1. The molecule has 1 fully saturated rings. The SMILES string of the molecule is COc1ccccc1NC(=O)C1(c2cccs2)CCCC1. The van der Waals surface area contributed by atoms with Gasteiger partial charge in [-0.05, 0) is 36.4 Å². The molecule has 21 heavy (non-hydrogen) atoms. The largest absolute Gasteiger partial charge is 0.495 e. The number of benzene rings is 1. The summed E-state index contributed by atoms with van der Waals surface area (Å²) in [6, 6.07) is 11.7. The second-order valence-corrected chi connectivity index (χ2v) is 6.37. The minimum absolute atomic E-state index is 0.0898. The lowest BCUT2D eigenvalue weighted by atomic mass is 9.83. The Bertz CT molecular complexity index is 615. The van der Waals surface area contributed by atoms with Crippen LogP contribution in [0.15, 0.2) is 41.8 Å². The number of para-hydroxylation sites is 2. The van der Waals surface area contributed by atoms with Gasteiger partial charge in [-0.2, -0.15) is 0 Å². The van der Waals surface area contributed by atoms with Gasteiger partial charge in [-0.15, -0.1) is 11.3 Å². The van der Waals surface area contributed by atoms with Gasteiger partial charge in [-0.3, -0.25) is 4.79 Å². The van der Waals surface area contributed by atoms with E-state index in [0.717, 1.165) is 31.4 Å². The fraction of sp³-hybridized carbons (Fsp3) is 0.353. The molecule has 1 aromatic heterocycles. The van der Waals surface area contributed by atoms with Crippen LogP contribution in [0.1, 0.15) is 30.6 Å². The standard InChI is InChI=1S/C17H19NO2S/c1-20-14-8-3-2-7-13(14)18-16(19)17(10-4-5-11-17)15-9-6-12-21-15/h2-3,6-9,12H,4-5,10-11H2,1H3,(H,18,19). The van der Waals surface area contributed by atoms with Gasteiger partial charge in [0.25, 0.3) is 0 Å². The van der Waals surface area contributed by atoms with E-state index in [1.807, 2.05) is 35.7 Å². The summed E-state index contributed by atoms with van der Waals surface area (Å²) in [6.45, 7) is 0. The molecule has 1 N–H and O–H groups in total. The van der Waals surface area contributed by atoms with Crippen LogP contribution in [0.2, 0.25) is 0 Å². The molecule has 3 rings (SSSR count). The molecule has 0 saturated heterocycles. The van der Waals surface area contributed by atoms with E-state index in [2.05, 4.69) is 11.4 Å². The van der Waals surface area contributed by atoms with Crippen molar-refractivity contribution in [3.63, 3.8) is 0 Å². The first-order valence-electron chi connectivity index (χ1n) is 7.25. The molecule has 0 atom stereocenters. The van der Waals surface area contributed by atoms with E-state index < -0.39 is 0 Å². The molecular weight excluding hydrogens is 282 g/mol. The first-order valence-corrected chi connectivity index (χ1v) is 8.13. The molecule has 1 aliphatic carbocycles. The van der Waals surface area contributed by atoms with Gasteiger partial charge in [-0.25, -0.2) is 0 Å². The van der Waals surface area contributed by atoms with Crippen LogP contribution in [0.3, 0.4) is 0 Å². The molecule has 0 unspecified atom stereocenters. The van der Waals surface area contributed by atoms with Gasteiger partial charge < -0.3 is 10.1 Å². The summed E-state index contributed by atoms with van der Waals surface area (Å²) < 4.78 is 5.32. The number of carbonyl (C=O) groups excluding carboxylic acids is 1. The maximum absolute atomic E-state index is 12.9. The summed E-state index contributed by atoms with van der Waals surface area (Å²) in [6.07, 6.45) is 4.07. The molecule has 0 spiro atoms. The fourth-order valence-corrected chi connectivity index (χ4v) is 4.09. The van der Waals surface area contributed by atoms with Gasteiger partial charge in [0.2, 0.25) is 5.91 Å². The smallest absolute Gasteiger partial charge is 0.235 e. The molecule has 1 aromatic carbocycles. The third-order valence-electron chi connectivity index (χ3n) is 4.24. The summed E-state index contributed by atoms with van der Waals surface area (Å²) >= 11 is 1.68. The molecular formula is C17H19NO2S. The summed E-state index contributed by atoms with van der Waals surface area (Å²) in [5, 5.41) is 5.12. The number of ether oxygens (including phenoxy) is 1. The Morgan fingerprint density at radius 3 is 2.62 bits per heavy atom. The Labute approximate surface area is 129 Å². The molecule has 3 nitrogen and oxygen atoms in total. The summed E-state index contributed by atoms with van der Waals surface area (Å²) in [4.78, 5) is 14.1. The van der Waals surface area contributed by atoms with Crippen LogP contribution >= 0.6 is 11.3 Å². The number of hydrogen-bond donors (Lipinski definition) is 1. The number of nitrogens with one attached hydrogen (secondary N) is 1. The van der Waals surface area contributed by atoms with E-state index >= 15 is 0 Å². The first-order chi connectivity index (χ1) is 10.3.